The van der Waals surface area contributed by atoms with Crippen molar-refractivity contribution in [1.82, 2.24) is 9.97 Å². The third-order valence-electron chi connectivity index (χ3n) is 5.98. The average molecular weight is 517 g/mol. The minimum atomic E-state index is -3.86. The van der Waals surface area contributed by atoms with Crippen LogP contribution in [0.15, 0.2) is 102 Å². The maximum atomic E-state index is 12.7. The number of amides is 1. The van der Waals surface area contributed by atoms with Gasteiger partial charge in [0.25, 0.3) is 15.9 Å². The molecule has 0 aliphatic carbocycles. The van der Waals surface area contributed by atoms with Crippen molar-refractivity contribution in [3.63, 3.8) is 0 Å². The van der Waals surface area contributed by atoms with Gasteiger partial charge in [-0.25, -0.2) is 23.1 Å². The van der Waals surface area contributed by atoms with Gasteiger partial charge in [0.15, 0.2) is 6.10 Å². The predicted octanol–water partition coefficient (Wildman–Crippen LogP) is 5.01. The van der Waals surface area contributed by atoms with Crippen LogP contribution in [0.1, 0.15) is 31.9 Å². The molecule has 1 amide bonds. The van der Waals surface area contributed by atoms with Gasteiger partial charge in [-0.3, -0.25) is 4.79 Å². The van der Waals surface area contributed by atoms with Gasteiger partial charge < -0.3 is 10.1 Å². The Balaban J connectivity index is 1.36. The van der Waals surface area contributed by atoms with E-state index < -0.39 is 16.1 Å². The van der Waals surface area contributed by atoms with E-state index in [1.54, 1.807) is 13.0 Å². The van der Waals surface area contributed by atoms with Gasteiger partial charge in [0.1, 0.15) is 5.75 Å². The number of benzene rings is 3. The monoisotopic (exact) mass is 516 g/mol. The topological polar surface area (TPSA) is 110 Å². The maximum Gasteiger partial charge on any atom is 0.265 e. The molecule has 4 aromatic rings. The first-order valence-corrected chi connectivity index (χ1v) is 13.2. The summed E-state index contributed by atoms with van der Waals surface area (Å²) >= 11 is 0. The fourth-order valence-corrected chi connectivity index (χ4v) is 4.68. The lowest BCUT2D eigenvalue weighted by atomic mass is 9.78. The Morgan fingerprint density at radius 3 is 2.05 bits per heavy atom. The number of carbonyl (C=O) groups is 1. The fourth-order valence-electron chi connectivity index (χ4n) is 3.72. The summed E-state index contributed by atoms with van der Waals surface area (Å²) in [5.41, 5.74) is 2.60. The quantitative estimate of drug-likeness (QED) is 0.324. The van der Waals surface area contributed by atoms with Gasteiger partial charge in [0.2, 0.25) is 5.95 Å². The first-order chi connectivity index (χ1) is 17.6. The minimum Gasteiger partial charge on any atom is -0.481 e. The van der Waals surface area contributed by atoms with Gasteiger partial charge in [0, 0.05) is 23.5 Å². The molecule has 190 valence electrons. The number of nitrogens with one attached hydrogen (secondary N) is 2. The second-order valence-electron chi connectivity index (χ2n) is 8.97. The molecular weight excluding hydrogens is 488 g/mol. The summed E-state index contributed by atoms with van der Waals surface area (Å²) in [5.74, 6) is 0.188. The van der Waals surface area contributed by atoms with E-state index in [9.17, 15) is 13.2 Å². The number of ether oxygens (including phenoxy) is 1. The summed E-state index contributed by atoms with van der Waals surface area (Å²) in [6, 6.07) is 25.3. The second-order valence-corrected chi connectivity index (χ2v) is 10.6. The van der Waals surface area contributed by atoms with Crippen molar-refractivity contribution in [2.45, 2.75) is 37.2 Å². The van der Waals surface area contributed by atoms with Gasteiger partial charge >= 0.3 is 0 Å². The van der Waals surface area contributed by atoms with E-state index in [0.717, 1.165) is 5.56 Å². The molecule has 1 heterocycles. The first kappa shape index (κ1) is 25.8. The third-order valence-corrected chi connectivity index (χ3v) is 7.32. The molecule has 9 heteroatoms. The van der Waals surface area contributed by atoms with Crippen LogP contribution >= 0.6 is 0 Å². The van der Waals surface area contributed by atoms with Gasteiger partial charge in [0.05, 0.1) is 4.90 Å². The summed E-state index contributed by atoms with van der Waals surface area (Å²) in [7, 11) is -3.86. The van der Waals surface area contributed by atoms with Crippen LogP contribution in [0.3, 0.4) is 0 Å². The Morgan fingerprint density at radius 2 is 1.43 bits per heavy atom. The highest BCUT2D eigenvalue weighted by Crippen LogP contribution is 2.32. The lowest BCUT2D eigenvalue weighted by Crippen LogP contribution is -2.30. The van der Waals surface area contributed by atoms with Crippen LogP contribution in [0.25, 0.3) is 0 Å². The zero-order chi connectivity index (χ0) is 26.5. The highest BCUT2D eigenvalue weighted by Gasteiger charge is 2.23. The van der Waals surface area contributed by atoms with Gasteiger partial charge in [-0.05, 0) is 60.5 Å². The molecule has 3 aromatic carbocycles. The highest BCUT2D eigenvalue weighted by molar-refractivity contribution is 7.92. The van der Waals surface area contributed by atoms with Gasteiger partial charge in [-0.1, -0.05) is 56.3 Å². The van der Waals surface area contributed by atoms with Crippen LogP contribution in [0, 0.1) is 0 Å². The summed E-state index contributed by atoms with van der Waals surface area (Å²) in [5, 5.41) is 2.74. The first-order valence-electron chi connectivity index (χ1n) is 11.7. The number of sulfonamides is 1. The molecule has 0 saturated carbocycles. The number of anilines is 2. The zero-order valence-electron chi connectivity index (χ0n) is 20.8. The normalized spacial score (nSPS) is 12.4. The van der Waals surface area contributed by atoms with Gasteiger partial charge in [-0.15, -0.1) is 0 Å². The van der Waals surface area contributed by atoms with Crippen LogP contribution in [0.5, 0.6) is 5.75 Å². The van der Waals surface area contributed by atoms with E-state index >= 15 is 0 Å². The minimum absolute atomic E-state index is 0.0146. The van der Waals surface area contributed by atoms with Crippen molar-refractivity contribution in [1.29, 1.82) is 0 Å². The molecule has 8 nitrogen and oxygen atoms in total. The lowest BCUT2D eigenvalue weighted by molar-refractivity contribution is -0.122. The van der Waals surface area contributed by atoms with Crippen LogP contribution in [0.4, 0.5) is 11.6 Å². The van der Waals surface area contributed by atoms with Crippen molar-refractivity contribution in [2.75, 3.05) is 10.0 Å². The molecule has 0 saturated heterocycles. The maximum absolute atomic E-state index is 12.7. The molecule has 37 heavy (non-hydrogen) atoms. The van der Waals surface area contributed by atoms with E-state index in [-0.39, 0.29) is 22.2 Å². The van der Waals surface area contributed by atoms with E-state index in [2.05, 4.69) is 46.0 Å². The Bertz CT molecular complexity index is 1440. The number of hydrogen-bond donors (Lipinski definition) is 2. The molecule has 1 atom stereocenters. The molecule has 0 fully saturated rings. The zero-order valence-corrected chi connectivity index (χ0v) is 21.6. The molecule has 2 N–H and O–H groups in total. The molecule has 4 rings (SSSR count). The molecule has 1 unspecified atom stereocenters. The molecule has 0 bridgehead atoms. The van der Waals surface area contributed by atoms with Crippen molar-refractivity contribution in [2.24, 2.45) is 0 Å². The van der Waals surface area contributed by atoms with Crippen LogP contribution in [-0.4, -0.2) is 30.4 Å². The predicted molar refractivity (Wildman–Crippen MR) is 143 cm³/mol. The molecule has 1 aromatic heterocycles. The van der Waals surface area contributed by atoms with Crippen molar-refractivity contribution >= 4 is 27.6 Å². The number of aromatic nitrogens is 2. The van der Waals surface area contributed by atoms with Gasteiger partial charge in [-0.2, -0.15) is 0 Å². The summed E-state index contributed by atoms with van der Waals surface area (Å²) in [6.45, 7) is 5.98. The fraction of sp³-hybridized carbons (Fsp3) is 0.179. The summed E-state index contributed by atoms with van der Waals surface area (Å²) < 4.78 is 33.2. The SMILES string of the molecule is CC(Oc1ccc(C(C)(C)c2ccccc2)cc1)C(=O)Nc1ccc(S(=O)(=O)Nc2ncccn2)cc1. The highest BCUT2D eigenvalue weighted by atomic mass is 32.2. The van der Waals surface area contributed by atoms with Crippen LogP contribution < -0.4 is 14.8 Å². The second kappa shape index (κ2) is 10.8. The van der Waals surface area contributed by atoms with Crippen LogP contribution in [0.2, 0.25) is 0 Å². The summed E-state index contributed by atoms with van der Waals surface area (Å²) in [4.78, 5) is 20.4. The van der Waals surface area contributed by atoms with Crippen molar-refractivity contribution < 1.29 is 17.9 Å². The average Bonchev–Trinajstić information content (AvgIpc) is 2.90. The number of rotatable bonds is 9. The Morgan fingerprint density at radius 1 is 0.838 bits per heavy atom. The number of nitrogens with zero attached hydrogens (tertiary/aromatic N) is 2. The van der Waals surface area contributed by atoms with E-state index in [1.165, 1.54) is 42.2 Å². The standard InChI is InChI=1S/C28H28N4O4S/c1-20(36-24-14-10-22(11-15-24)28(2,3)21-8-5-4-6-9-21)26(33)31-23-12-16-25(17-13-23)37(34,35)32-27-29-18-7-19-30-27/h4-20H,1-3H3,(H,31,33)(H,29,30,32). The van der Waals surface area contributed by atoms with E-state index in [1.807, 2.05) is 42.5 Å². The van der Waals surface area contributed by atoms with E-state index in [0.29, 0.717) is 11.4 Å². The summed E-state index contributed by atoms with van der Waals surface area (Å²) in [6.07, 6.45) is 2.10. The number of hydrogen-bond acceptors (Lipinski definition) is 6. The molecule has 0 aliphatic heterocycles. The molecular formula is C28H28N4O4S. The Labute approximate surface area is 216 Å². The third kappa shape index (κ3) is 6.31. The van der Waals surface area contributed by atoms with E-state index in [4.69, 9.17) is 4.74 Å². The van der Waals surface area contributed by atoms with Crippen molar-refractivity contribution in [3.8, 4) is 5.75 Å². The van der Waals surface area contributed by atoms with Crippen LogP contribution in [-0.2, 0) is 20.2 Å². The smallest absolute Gasteiger partial charge is 0.265 e. The number of carbonyl (C=O) groups excluding carboxylic acids is 1. The Hall–Kier alpha value is -4.24. The molecule has 0 aliphatic rings. The molecule has 0 radical (unpaired) electrons. The Kier molecular flexibility index (Phi) is 7.54. The lowest BCUT2D eigenvalue weighted by Gasteiger charge is -2.26. The largest absolute Gasteiger partial charge is 0.481 e. The molecule has 0 spiro atoms. The van der Waals surface area contributed by atoms with Crippen molar-refractivity contribution in [3.05, 3.63) is 108 Å².